The Morgan fingerprint density at radius 3 is 2.10 bits per heavy atom. The van der Waals surface area contributed by atoms with E-state index in [9.17, 15) is 0 Å². The van der Waals surface area contributed by atoms with Crippen molar-refractivity contribution < 1.29 is 4.74 Å². The Bertz CT molecular complexity index is 635. The summed E-state index contributed by atoms with van der Waals surface area (Å²) in [6, 6.07) is 10.6. The lowest BCUT2D eigenvalue weighted by Crippen LogP contribution is -2.14. The third-order valence-corrected chi connectivity index (χ3v) is 4.33. The highest BCUT2D eigenvalue weighted by Crippen LogP contribution is 2.34. The number of benzene rings is 2. The lowest BCUT2D eigenvalue weighted by molar-refractivity contribution is 0.415. The van der Waals surface area contributed by atoms with Gasteiger partial charge in [0.2, 0.25) is 0 Å². The topological polar surface area (TPSA) is 12.5 Å². The van der Waals surface area contributed by atoms with Crippen LogP contribution in [0.3, 0.4) is 0 Å². The van der Waals surface area contributed by atoms with Gasteiger partial charge in [-0.05, 0) is 54.3 Å². The van der Waals surface area contributed by atoms with Crippen molar-refractivity contribution >= 4 is 17.3 Å². The van der Waals surface area contributed by atoms with E-state index in [0.29, 0.717) is 5.02 Å². The molecular formula is C17H18ClNO. The summed E-state index contributed by atoms with van der Waals surface area (Å²) in [5, 5.41) is 0.660. The summed E-state index contributed by atoms with van der Waals surface area (Å²) in [6.45, 7) is 6.23. The molecule has 0 aromatic heterocycles. The van der Waals surface area contributed by atoms with Crippen LogP contribution in [-0.4, -0.2) is 7.11 Å². The largest absolute Gasteiger partial charge is 0.495 e. The van der Waals surface area contributed by atoms with Crippen LogP contribution in [0.1, 0.15) is 22.3 Å². The molecule has 2 aromatic carbocycles. The summed E-state index contributed by atoms with van der Waals surface area (Å²) in [7, 11) is 1.64. The van der Waals surface area contributed by atoms with Gasteiger partial charge in [0, 0.05) is 18.8 Å². The van der Waals surface area contributed by atoms with Crippen LogP contribution in [0, 0.1) is 13.8 Å². The summed E-state index contributed by atoms with van der Waals surface area (Å²) >= 11 is 6.22. The minimum Gasteiger partial charge on any atom is -0.495 e. The first kappa shape index (κ1) is 13.3. The van der Waals surface area contributed by atoms with Crippen LogP contribution in [0.4, 0.5) is 5.69 Å². The molecule has 0 saturated heterocycles. The van der Waals surface area contributed by atoms with Crippen LogP contribution < -0.4 is 9.64 Å². The van der Waals surface area contributed by atoms with E-state index in [-0.39, 0.29) is 0 Å². The van der Waals surface area contributed by atoms with Crippen LogP contribution in [0.5, 0.6) is 5.75 Å². The number of nitrogens with zero attached hydrogens (tertiary/aromatic N) is 1. The summed E-state index contributed by atoms with van der Waals surface area (Å²) < 4.78 is 5.21. The first-order valence-corrected chi connectivity index (χ1v) is 7.14. The predicted octanol–water partition coefficient (Wildman–Crippen LogP) is 4.49. The molecule has 0 aliphatic carbocycles. The van der Waals surface area contributed by atoms with Crippen LogP contribution in [0.2, 0.25) is 5.02 Å². The van der Waals surface area contributed by atoms with Gasteiger partial charge < -0.3 is 9.64 Å². The van der Waals surface area contributed by atoms with Crippen LogP contribution in [0.25, 0.3) is 0 Å². The molecule has 20 heavy (non-hydrogen) atoms. The molecule has 0 atom stereocenters. The number of anilines is 1. The predicted molar refractivity (Wildman–Crippen MR) is 83.8 cm³/mol. The highest BCUT2D eigenvalue weighted by molar-refractivity contribution is 6.32. The van der Waals surface area contributed by atoms with Crippen molar-refractivity contribution in [2.24, 2.45) is 0 Å². The monoisotopic (exact) mass is 287 g/mol. The van der Waals surface area contributed by atoms with Crippen LogP contribution in [-0.2, 0) is 13.1 Å². The van der Waals surface area contributed by atoms with Gasteiger partial charge in [0.1, 0.15) is 5.75 Å². The number of hydrogen-bond donors (Lipinski definition) is 0. The van der Waals surface area contributed by atoms with E-state index < -0.39 is 0 Å². The number of fused-ring (bicyclic) bond motifs is 1. The second-order valence-corrected chi connectivity index (χ2v) is 5.79. The summed E-state index contributed by atoms with van der Waals surface area (Å²) in [5.41, 5.74) is 6.69. The van der Waals surface area contributed by atoms with Gasteiger partial charge in [-0.15, -0.1) is 0 Å². The van der Waals surface area contributed by atoms with Crippen molar-refractivity contribution in [3.8, 4) is 5.75 Å². The van der Waals surface area contributed by atoms with Crippen molar-refractivity contribution in [1.82, 2.24) is 0 Å². The normalized spacial score (nSPS) is 13.5. The van der Waals surface area contributed by atoms with E-state index >= 15 is 0 Å². The third-order valence-electron chi connectivity index (χ3n) is 4.04. The van der Waals surface area contributed by atoms with Gasteiger partial charge in [-0.25, -0.2) is 0 Å². The van der Waals surface area contributed by atoms with E-state index in [4.69, 9.17) is 16.3 Å². The van der Waals surface area contributed by atoms with Gasteiger partial charge in [-0.1, -0.05) is 23.7 Å². The fraction of sp³-hybridized carbons (Fsp3) is 0.294. The average molecular weight is 288 g/mol. The van der Waals surface area contributed by atoms with E-state index in [1.165, 1.54) is 22.3 Å². The molecule has 0 amide bonds. The molecule has 0 N–H and O–H groups in total. The minimum atomic E-state index is 0.660. The Hall–Kier alpha value is -1.67. The van der Waals surface area contributed by atoms with Gasteiger partial charge in [0.05, 0.1) is 12.1 Å². The number of hydrogen-bond acceptors (Lipinski definition) is 2. The van der Waals surface area contributed by atoms with Crippen molar-refractivity contribution in [2.45, 2.75) is 26.9 Å². The molecule has 3 rings (SSSR count). The summed E-state index contributed by atoms with van der Waals surface area (Å²) in [6.07, 6.45) is 0. The van der Waals surface area contributed by atoms with Crippen molar-refractivity contribution in [3.05, 3.63) is 57.6 Å². The lowest BCUT2D eigenvalue weighted by Gasteiger charge is -2.18. The molecule has 1 heterocycles. The molecule has 0 spiro atoms. The maximum atomic E-state index is 6.22. The number of methoxy groups -OCH3 is 1. The molecule has 0 radical (unpaired) electrons. The van der Waals surface area contributed by atoms with Crippen molar-refractivity contribution in [3.63, 3.8) is 0 Å². The fourth-order valence-electron chi connectivity index (χ4n) is 2.73. The second-order valence-electron chi connectivity index (χ2n) is 5.38. The van der Waals surface area contributed by atoms with E-state index in [0.717, 1.165) is 24.5 Å². The zero-order valence-corrected chi connectivity index (χ0v) is 12.8. The fourth-order valence-corrected chi connectivity index (χ4v) is 2.98. The highest BCUT2D eigenvalue weighted by Gasteiger charge is 2.20. The quantitative estimate of drug-likeness (QED) is 0.807. The Morgan fingerprint density at radius 2 is 1.60 bits per heavy atom. The highest BCUT2D eigenvalue weighted by atomic mass is 35.5. The zero-order chi connectivity index (χ0) is 14.3. The van der Waals surface area contributed by atoms with Gasteiger partial charge in [0.25, 0.3) is 0 Å². The van der Waals surface area contributed by atoms with Gasteiger partial charge >= 0.3 is 0 Å². The van der Waals surface area contributed by atoms with Gasteiger partial charge in [-0.2, -0.15) is 0 Å². The van der Waals surface area contributed by atoms with Gasteiger partial charge in [0.15, 0.2) is 0 Å². The number of halogens is 1. The minimum absolute atomic E-state index is 0.660. The summed E-state index contributed by atoms with van der Waals surface area (Å²) in [4.78, 5) is 2.34. The molecule has 0 saturated carbocycles. The SMILES string of the molecule is COc1ccc(N2Cc3cc(C)c(C)cc3C2)cc1Cl. The smallest absolute Gasteiger partial charge is 0.137 e. The molecule has 0 bridgehead atoms. The molecule has 104 valence electrons. The van der Waals surface area contributed by atoms with E-state index in [1.54, 1.807) is 7.11 Å². The standard InChI is InChI=1S/C17H18ClNO/c1-11-6-13-9-19(10-14(13)7-12(11)2)15-4-5-17(20-3)16(18)8-15/h4-8H,9-10H2,1-3H3. The molecule has 3 heteroatoms. The Morgan fingerprint density at radius 1 is 1.00 bits per heavy atom. The maximum absolute atomic E-state index is 6.22. The number of rotatable bonds is 2. The maximum Gasteiger partial charge on any atom is 0.137 e. The first-order valence-electron chi connectivity index (χ1n) is 6.76. The van der Waals surface area contributed by atoms with Crippen molar-refractivity contribution in [1.29, 1.82) is 0 Å². The molecule has 1 aliphatic heterocycles. The first-order chi connectivity index (χ1) is 9.58. The van der Waals surface area contributed by atoms with Crippen molar-refractivity contribution in [2.75, 3.05) is 12.0 Å². The van der Waals surface area contributed by atoms with Crippen LogP contribution >= 0.6 is 11.6 Å². The van der Waals surface area contributed by atoms with E-state index in [1.807, 2.05) is 12.1 Å². The molecule has 0 fully saturated rings. The molecule has 1 aliphatic rings. The van der Waals surface area contributed by atoms with E-state index in [2.05, 4.69) is 36.9 Å². The molecule has 0 unspecified atom stereocenters. The van der Waals surface area contributed by atoms with Crippen LogP contribution in [0.15, 0.2) is 30.3 Å². The zero-order valence-electron chi connectivity index (χ0n) is 12.0. The Balaban J connectivity index is 1.90. The number of ether oxygens (including phenoxy) is 1. The lowest BCUT2D eigenvalue weighted by atomic mass is 10.0. The molecular weight excluding hydrogens is 270 g/mol. The second kappa shape index (κ2) is 5.02. The number of aryl methyl sites for hydroxylation is 2. The Labute approximate surface area is 124 Å². The summed E-state index contributed by atoms with van der Waals surface area (Å²) in [5.74, 6) is 0.721. The van der Waals surface area contributed by atoms with Gasteiger partial charge in [-0.3, -0.25) is 0 Å². The third kappa shape index (κ3) is 2.25. The Kier molecular flexibility index (Phi) is 3.35. The molecule has 2 aromatic rings. The average Bonchev–Trinajstić information content (AvgIpc) is 2.82. The molecule has 2 nitrogen and oxygen atoms in total.